The normalized spacial score (nSPS) is 10.4. The number of amides is 1. The molecule has 124 valence electrons. The molecule has 0 heterocycles. The number of carbonyl (C=O) groups excluding carboxylic acids is 1. The molecule has 0 bridgehead atoms. The summed E-state index contributed by atoms with van der Waals surface area (Å²) >= 11 is 0. The number of nitrogens with zero attached hydrogens (tertiary/aromatic N) is 2. The summed E-state index contributed by atoms with van der Waals surface area (Å²) in [6.07, 6.45) is 1.32. The van der Waals surface area contributed by atoms with Gasteiger partial charge in [-0.05, 0) is 12.1 Å². The van der Waals surface area contributed by atoms with Crippen LogP contribution in [-0.2, 0) is 0 Å². The van der Waals surface area contributed by atoms with Crippen LogP contribution in [-0.4, -0.2) is 31.3 Å². The maximum atomic E-state index is 12.1. The van der Waals surface area contributed by atoms with Crippen molar-refractivity contribution in [3.63, 3.8) is 0 Å². The maximum absolute atomic E-state index is 12.1. The van der Waals surface area contributed by atoms with Crippen LogP contribution in [0.1, 0.15) is 15.9 Å². The molecule has 0 spiro atoms. The van der Waals surface area contributed by atoms with Crippen molar-refractivity contribution in [3.05, 3.63) is 63.7 Å². The summed E-state index contributed by atoms with van der Waals surface area (Å²) in [4.78, 5) is 22.3. The molecule has 0 aliphatic rings. The van der Waals surface area contributed by atoms with Crippen LogP contribution in [0.25, 0.3) is 0 Å². The molecule has 1 amide bonds. The first kappa shape index (κ1) is 16.9. The summed E-state index contributed by atoms with van der Waals surface area (Å²) in [5.41, 5.74) is 3.10. The van der Waals surface area contributed by atoms with E-state index in [9.17, 15) is 14.9 Å². The lowest BCUT2D eigenvalue weighted by Crippen LogP contribution is -2.17. The predicted molar refractivity (Wildman–Crippen MR) is 87.7 cm³/mol. The molecule has 0 aromatic heterocycles. The monoisotopic (exact) mass is 329 g/mol. The molecule has 0 aliphatic heterocycles. The molecule has 0 aliphatic carbocycles. The van der Waals surface area contributed by atoms with Crippen LogP contribution in [0.5, 0.6) is 11.5 Å². The topological polar surface area (TPSA) is 103 Å². The second kappa shape index (κ2) is 7.73. The minimum absolute atomic E-state index is 0.0530. The Morgan fingerprint density at radius 2 is 1.83 bits per heavy atom. The number of hydrogen-bond acceptors (Lipinski definition) is 6. The zero-order valence-corrected chi connectivity index (χ0v) is 13.1. The molecular weight excluding hydrogens is 314 g/mol. The van der Waals surface area contributed by atoms with Crippen LogP contribution >= 0.6 is 0 Å². The average Bonchev–Trinajstić information content (AvgIpc) is 2.61. The molecule has 2 aromatic rings. The van der Waals surface area contributed by atoms with Crippen LogP contribution in [0, 0.1) is 10.1 Å². The lowest BCUT2D eigenvalue weighted by Gasteiger charge is -2.07. The minimum atomic E-state index is -0.502. The van der Waals surface area contributed by atoms with Crippen molar-refractivity contribution in [2.45, 2.75) is 0 Å². The van der Waals surface area contributed by atoms with Crippen molar-refractivity contribution in [1.82, 2.24) is 5.43 Å². The molecule has 0 radical (unpaired) electrons. The summed E-state index contributed by atoms with van der Waals surface area (Å²) in [5.74, 6) is 0.484. The Bertz CT molecular complexity index is 767. The molecule has 1 N–H and O–H groups in total. The van der Waals surface area contributed by atoms with E-state index < -0.39 is 10.8 Å². The summed E-state index contributed by atoms with van der Waals surface area (Å²) < 4.78 is 10.2. The van der Waals surface area contributed by atoms with Gasteiger partial charge in [0.05, 0.1) is 25.4 Å². The van der Waals surface area contributed by atoms with Crippen LogP contribution < -0.4 is 14.9 Å². The Labute approximate surface area is 137 Å². The lowest BCUT2D eigenvalue weighted by atomic mass is 10.2. The van der Waals surface area contributed by atoms with Gasteiger partial charge in [0.15, 0.2) is 0 Å². The predicted octanol–water partition coefficient (Wildman–Crippen LogP) is 2.38. The van der Waals surface area contributed by atoms with Gasteiger partial charge in [-0.3, -0.25) is 14.9 Å². The number of nitrogens with one attached hydrogen (secondary N) is 1. The highest BCUT2D eigenvalue weighted by molar-refractivity contribution is 5.95. The van der Waals surface area contributed by atoms with Crippen molar-refractivity contribution in [2.75, 3.05) is 14.2 Å². The van der Waals surface area contributed by atoms with E-state index >= 15 is 0 Å². The molecule has 0 unspecified atom stereocenters. The number of carbonyl (C=O) groups is 1. The Morgan fingerprint density at radius 3 is 2.42 bits per heavy atom. The minimum Gasteiger partial charge on any atom is -0.497 e. The van der Waals surface area contributed by atoms with Gasteiger partial charge in [0.2, 0.25) is 0 Å². The second-order valence-corrected chi connectivity index (χ2v) is 4.65. The fourth-order valence-electron chi connectivity index (χ4n) is 1.89. The zero-order valence-electron chi connectivity index (χ0n) is 13.1. The summed E-state index contributed by atoms with van der Waals surface area (Å²) in [6.45, 7) is 0. The van der Waals surface area contributed by atoms with E-state index in [2.05, 4.69) is 10.5 Å². The fraction of sp³-hybridized carbons (Fsp3) is 0.125. The molecule has 2 aromatic carbocycles. The molecule has 8 heteroatoms. The smallest absolute Gasteiger partial charge is 0.271 e. The Kier molecular flexibility index (Phi) is 5.45. The number of methoxy groups -OCH3 is 2. The van der Waals surface area contributed by atoms with Crippen LogP contribution in [0.3, 0.4) is 0 Å². The van der Waals surface area contributed by atoms with Gasteiger partial charge < -0.3 is 9.47 Å². The van der Waals surface area contributed by atoms with Crippen molar-refractivity contribution in [1.29, 1.82) is 0 Å². The highest BCUT2D eigenvalue weighted by atomic mass is 16.6. The molecule has 8 nitrogen and oxygen atoms in total. The summed E-state index contributed by atoms with van der Waals surface area (Å²) in [7, 11) is 2.97. The number of rotatable bonds is 6. The maximum Gasteiger partial charge on any atom is 0.271 e. The lowest BCUT2D eigenvalue weighted by molar-refractivity contribution is -0.384. The number of nitro groups is 1. The molecule has 0 atom stereocenters. The molecule has 2 rings (SSSR count). The van der Waals surface area contributed by atoms with Crippen molar-refractivity contribution >= 4 is 17.8 Å². The molecule has 0 saturated carbocycles. The number of hydrogen-bond donors (Lipinski definition) is 1. The van der Waals surface area contributed by atoms with Gasteiger partial charge in [0.1, 0.15) is 11.5 Å². The Hall–Kier alpha value is -3.42. The van der Waals surface area contributed by atoms with E-state index in [0.717, 1.165) is 0 Å². The quantitative estimate of drug-likeness (QED) is 0.498. The Balaban J connectivity index is 2.10. The van der Waals surface area contributed by atoms with E-state index in [0.29, 0.717) is 22.6 Å². The van der Waals surface area contributed by atoms with Gasteiger partial charge in [-0.2, -0.15) is 5.10 Å². The largest absolute Gasteiger partial charge is 0.497 e. The van der Waals surface area contributed by atoms with E-state index in [1.165, 1.54) is 38.6 Å². The van der Waals surface area contributed by atoms with Gasteiger partial charge in [-0.25, -0.2) is 5.43 Å². The standard InChI is InChI=1S/C16H15N3O5/c1-23-14-7-12(8-15(9-14)24-2)16(20)18-17-10-11-4-3-5-13(6-11)19(21)22/h3-10H,1-2H3,(H,18,20)/b17-10-. The molecular formula is C16H15N3O5. The van der Waals surface area contributed by atoms with Gasteiger partial charge in [0, 0.05) is 29.3 Å². The number of ether oxygens (including phenoxy) is 2. The average molecular weight is 329 g/mol. The van der Waals surface area contributed by atoms with Gasteiger partial charge in [-0.1, -0.05) is 12.1 Å². The van der Waals surface area contributed by atoms with E-state index in [1.807, 2.05) is 0 Å². The second-order valence-electron chi connectivity index (χ2n) is 4.65. The Morgan fingerprint density at radius 1 is 1.17 bits per heavy atom. The molecule has 0 saturated heterocycles. The number of nitro benzene ring substituents is 1. The third-order valence-electron chi connectivity index (χ3n) is 3.07. The first-order valence-electron chi connectivity index (χ1n) is 6.84. The number of hydrazone groups is 1. The SMILES string of the molecule is COc1cc(OC)cc(C(=O)N/N=C\c2cccc([N+](=O)[O-])c2)c1. The molecule has 24 heavy (non-hydrogen) atoms. The van der Waals surface area contributed by atoms with E-state index in [1.54, 1.807) is 24.3 Å². The van der Waals surface area contributed by atoms with Crippen molar-refractivity contribution in [3.8, 4) is 11.5 Å². The van der Waals surface area contributed by atoms with Crippen molar-refractivity contribution < 1.29 is 19.2 Å². The number of non-ortho nitro benzene ring substituents is 1. The van der Waals surface area contributed by atoms with E-state index in [-0.39, 0.29) is 5.69 Å². The zero-order chi connectivity index (χ0) is 17.5. The first-order chi connectivity index (χ1) is 11.5. The first-order valence-corrected chi connectivity index (χ1v) is 6.84. The third-order valence-corrected chi connectivity index (χ3v) is 3.07. The highest BCUT2D eigenvalue weighted by Crippen LogP contribution is 2.22. The van der Waals surface area contributed by atoms with Gasteiger partial charge in [0.25, 0.3) is 11.6 Å². The van der Waals surface area contributed by atoms with Crippen LogP contribution in [0.15, 0.2) is 47.6 Å². The summed E-state index contributed by atoms with van der Waals surface area (Å²) in [6, 6.07) is 10.6. The highest BCUT2D eigenvalue weighted by Gasteiger charge is 2.09. The van der Waals surface area contributed by atoms with Gasteiger partial charge >= 0.3 is 0 Å². The van der Waals surface area contributed by atoms with Crippen molar-refractivity contribution in [2.24, 2.45) is 5.10 Å². The number of benzene rings is 2. The third kappa shape index (κ3) is 4.29. The van der Waals surface area contributed by atoms with E-state index in [4.69, 9.17) is 9.47 Å². The molecule has 0 fully saturated rings. The van der Waals surface area contributed by atoms with Crippen LogP contribution in [0.2, 0.25) is 0 Å². The fourth-order valence-corrected chi connectivity index (χ4v) is 1.89. The summed E-state index contributed by atoms with van der Waals surface area (Å²) in [5, 5.41) is 14.5. The van der Waals surface area contributed by atoms with Gasteiger partial charge in [-0.15, -0.1) is 0 Å². The van der Waals surface area contributed by atoms with Crippen LogP contribution in [0.4, 0.5) is 5.69 Å².